The van der Waals surface area contributed by atoms with Gasteiger partial charge in [0.2, 0.25) is 0 Å². The Morgan fingerprint density at radius 1 is 1.26 bits per heavy atom. The van der Waals surface area contributed by atoms with E-state index < -0.39 is 0 Å². The summed E-state index contributed by atoms with van der Waals surface area (Å²) < 4.78 is 5.15. The van der Waals surface area contributed by atoms with Crippen LogP contribution in [0.5, 0.6) is 0 Å². The molecule has 1 atom stereocenters. The van der Waals surface area contributed by atoms with Crippen LogP contribution < -0.4 is 10.6 Å². The third-order valence-electron chi connectivity index (χ3n) is 3.70. The molecular weight excluding hydrogens is 294 g/mol. The lowest BCUT2D eigenvalue weighted by atomic mass is 10.1. The maximum atomic E-state index is 11.9. The molecule has 0 radical (unpaired) electrons. The van der Waals surface area contributed by atoms with Crippen molar-refractivity contribution in [3.05, 3.63) is 60.2 Å². The number of carbonyl (C=O) groups excluding carboxylic acids is 1. The average molecular weight is 313 g/mol. The van der Waals surface area contributed by atoms with Crippen molar-refractivity contribution in [2.45, 2.75) is 19.0 Å². The zero-order valence-electron chi connectivity index (χ0n) is 12.6. The minimum Gasteiger partial charge on any atom is -0.467 e. The molecule has 0 aliphatic rings. The van der Waals surface area contributed by atoms with E-state index in [9.17, 15) is 9.90 Å². The van der Waals surface area contributed by atoms with Crippen LogP contribution in [0.4, 0.5) is 4.79 Å². The summed E-state index contributed by atoms with van der Waals surface area (Å²) in [5.74, 6) is 0.678. The Morgan fingerprint density at radius 3 is 2.91 bits per heavy atom. The molecule has 0 bridgehead atoms. The zero-order chi connectivity index (χ0) is 16.1. The predicted octanol–water partition coefficient (Wildman–Crippen LogP) is 2.16. The number of amides is 2. The molecule has 0 fully saturated rings. The van der Waals surface area contributed by atoms with Crippen molar-refractivity contribution >= 4 is 16.9 Å². The maximum Gasteiger partial charge on any atom is 0.315 e. The van der Waals surface area contributed by atoms with Crippen LogP contribution in [0.2, 0.25) is 0 Å². The van der Waals surface area contributed by atoms with Crippen molar-refractivity contribution in [3.63, 3.8) is 0 Å². The number of hydrogen-bond acceptors (Lipinski definition) is 3. The zero-order valence-corrected chi connectivity index (χ0v) is 12.6. The second-order valence-electron chi connectivity index (χ2n) is 5.35. The molecule has 4 N–H and O–H groups in total. The number of carbonyl (C=O) groups is 1. The fourth-order valence-corrected chi connectivity index (χ4v) is 2.54. The van der Waals surface area contributed by atoms with E-state index in [2.05, 4.69) is 15.6 Å². The number of nitrogens with one attached hydrogen (secondary N) is 3. The lowest BCUT2D eigenvalue weighted by molar-refractivity contribution is 0.215. The molecule has 0 saturated carbocycles. The van der Waals surface area contributed by atoms with Crippen molar-refractivity contribution in [1.82, 2.24) is 15.6 Å². The number of benzene rings is 1. The Kier molecular flexibility index (Phi) is 4.63. The number of aliphatic hydroxyl groups excluding tert-OH is 1. The van der Waals surface area contributed by atoms with E-state index in [1.165, 1.54) is 0 Å². The van der Waals surface area contributed by atoms with Gasteiger partial charge in [0, 0.05) is 17.1 Å². The standard InChI is InChI=1S/C17H19N3O3/c21-11-13(20-17(22)19-10-14-4-3-7-23-14)8-12-9-18-16-6-2-1-5-15(12)16/h1-7,9,13,18,21H,8,10-11H2,(H2,19,20,22). The number of urea groups is 1. The highest BCUT2D eigenvalue weighted by Crippen LogP contribution is 2.18. The molecule has 3 rings (SSSR count). The molecule has 1 aromatic carbocycles. The second-order valence-corrected chi connectivity index (χ2v) is 5.35. The molecule has 120 valence electrons. The van der Waals surface area contributed by atoms with Gasteiger partial charge in [-0.1, -0.05) is 18.2 Å². The summed E-state index contributed by atoms with van der Waals surface area (Å²) in [4.78, 5) is 15.1. The summed E-state index contributed by atoms with van der Waals surface area (Å²) in [5.41, 5.74) is 2.10. The highest BCUT2D eigenvalue weighted by molar-refractivity contribution is 5.83. The number of hydrogen-bond donors (Lipinski definition) is 4. The van der Waals surface area contributed by atoms with Crippen LogP contribution in [0.1, 0.15) is 11.3 Å². The Labute approximate surface area is 133 Å². The number of aliphatic hydroxyl groups is 1. The molecule has 2 heterocycles. The van der Waals surface area contributed by atoms with E-state index in [0.717, 1.165) is 16.5 Å². The number of furan rings is 1. The molecule has 0 spiro atoms. The molecule has 3 aromatic rings. The molecule has 0 saturated heterocycles. The van der Waals surface area contributed by atoms with Crippen molar-refractivity contribution in [1.29, 1.82) is 0 Å². The highest BCUT2D eigenvalue weighted by atomic mass is 16.3. The van der Waals surface area contributed by atoms with E-state index in [1.807, 2.05) is 30.5 Å². The number of fused-ring (bicyclic) bond motifs is 1. The fraction of sp³-hybridized carbons (Fsp3) is 0.235. The van der Waals surface area contributed by atoms with E-state index in [-0.39, 0.29) is 18.7 Å². The number of aromatic amines is 1. The lowest BCUT2D eigenvalue weighted by Gasteiger charge is -2.16. The van der Waals surface area contributed by atoms with Crippen LogP contribution >= 0.6 is 0 Å². The Bertz CT molecular complexity index is 764. The Balaban J connectivity index is 1.58. The third-order valence-corrected chi connectivity index (χ3v) is 3.70. The van der Waals surface area contributed by atoms with Gasteiger partial charge >= 0.3 is 6.03 Å². The van der Waals surface area contributed by atoms with Crippen LogP contribution in [-0.4, -0.2) is 28.8 Å². The molecule has 6 nitrogen and oxygen atoms in total. The SMILES string of the molecule is O=C(NCc1ccco1)NC(CO)Cc1c[nH]c2ccccc12. The first-order valence-corrected chi connectivity index (χ1v) is 7.49. The fourth-order valence-electron chi connectivity index (χ4n) is 2.54. The van der Waals surface area contributed by atoms with Crippen LogP contribution in [0.15, 0.2) is 53.3 Å². The van der Waals surface area contributed by atoms with Crippen LogP contribution in [0.25, 0.3) is 10.9 Å². The molecule has 6 heteroatoms. The summed E-state index contributed by atoms with van der Waals surface area (Å²) in [5, 5.41) is 16.1. The molecule has 2 amide bonds. The van der Waals surface area contributed by atoms with E-state index in [0.29, 0.717) is 18.7 Å². The van der Waals surface area contributed by atoms with Crippen molar-refractivity contribution in [2.75, 3.05) is 6.61 Å². The van der Waals surface area contributed by atoms with E-state index >= 15 is 0 Å². The smallest absolute Gasteiger partial charge is 0.315 e. The average Bonchev–Trinajstić information content (AvgIpc) is 3.22. The van der Waals surface area contributed by atoms with Gasteiger partial charge < -0.3 is 25.1 Å². The largest absolute Gasteiger partial charge is 0.467 e. The van der Waals surface area contributed by atoms with Crippen molar-refractivity contribution in [2.24, 2.45) is 0 Å². The van der Waals surface area contributed by atoms with E-state index in [4.69, 9.17) is 4.42 Å². The Hall–Kier alpha value is -2.73. The van der Waals surface area contributed by atoms with Gasteiger partial charge in [-0.15, -0.1) is 0 Å². The van der Waals surface area contributed by atoms with Crippen molar-refractivity contribution < 1.29 is 14.3 Å². The number of para-hydroxylation sites is 1. The van der Waals surface area contributed by atoms with Gasteiger partial charge in [-0.3, -0.25) is 0 Å². The predicted molar refractivity (Wildman–Crippen MR) is 87.0 cm³/mol. The van der Waals surface area contributed by atoms with Gasteiger partial charge in [0.25, 0.3) is 0 Å². The molecule has 1 unspecified atom stereocenters. The highest BCUT2D eigenvalue weighted by Gasteiger charge is 2.14. The van der Waals surface area contributed by atoms with Gasteiger partial charge in [-0.25, -0.2) is 4.79 Å². The minimum absolute atomic E-state index is 0.131. The first kappa shape index (κ1) is 15.2. The molecular formula is C17H19N3O3. The summed E-state index contributed by atoms with van der Waals surface area (Å²) in [6, 6.07) is 10.8. The topological polar surface area (TPSA) is 90.3 Å². The third kappa shape index (κ3) is 3.73. The number of H-pyrrole nitrogens is 1. The molecule has 0 aliphatic heterocycles. The second kappa shape index (κ2) is 7.02. The summed E-state index contributed by atoms with van der Waals surface area (Å²) >= 11 is 0. The monoisotopic (exact) mass is 313 g/mol. The number of rotatable bonds is 6. The van der Waals surface area contributed by atoms with Crippen LogP contribution in [0.3, 0.4) is 0 Å². The Morgan fingerprint density at radius 2 is 2.13 bits per heavy atom. The summed E-state index contributed by atoms with van der Waals surface area (Å²) in [6.45, 7) is 0.178. The van der Waals surface area contributed by atoms with Crippen LogP contribution in [0, 0.1) is 0 Å². The summed E-state index contributed by atoms with van der Waals surface area (Å²) in [6.07, 6.45) is 4.02. The van der Waals surface area contributed by atoms with Gasteiger partial charge in [-0.05, 0) is 30.2 Å². The lowest BCUT2D eigenvalue weighted by Crippen LogP contribution is -2.44. The van der Waals surface area contributed by atoms with Gasteiger partial charge in [-0.2, -0.15) is 0 Å². The minimum atomic E-state index is -0.356. The molecule has 23 heavy (non-hydrogen) atoms. The maximum absolute atomic E-state index is 11.9. The first-order valence-electron chi connectivity index (χ1n) is 7.49. The number of aromatic nitrogens is 1. The first-order chi connectivity index (χ1) is 11.3. The van der Waals surface area contributed by atoms with E-state index in [1.54, 1.807) is 18.4 Å². The van der Waals surface area contributed by atoms with Gasteiger partial charge in [0.05, 0.1) is 25.5 Å². The normalized spacial score (nSPS) is 12.2. The van der Waals surface area contributed by atoms with Crippen LogP contribution in [-0.2, 0) is 13.0 Å². The quantitative estimate of drug-likeness (QED) is 0.562. The van der Waals surface area contributed by atoms with Gasteiger partial charge in [0.15, 0.2) is 0 Å². The van der Waals surface area contributed by atoms with Gasteiger partial charge in [0.1, 0.15) is 5.76 Å². The van der Waals surface area contributed by atoms with Crippen molar-refractivity contribution in [3.8, 4) is 0 Å². The molecule has 0 aliphatic carbocycles. The molecule has 2 aromatic heterocycles. The summed E-state index contributed by atoms with van der Waals surface area (Å²) in [7, 11) is 0.